The van der Waals surface area contributed by atoms with Gasteiger partial charge in [-0.15, -0.1) is 0 Å². The summed E-state index contributed by atoms with van der Waals surface area (Å²) in [5, 5.41) is 10.8. The van der Waals surface area contributed by atoms with Crippen molar-refractivity contribution in [2.24, 2.45) is 0 Å². The highest BCUT2D eigenvalue weighted by atomic mass is 79.9. The molecule has 0 atom stereocenters. The van der Waals surface area contributed by atoms with Crippen molar-refractivity contribution >= 4 is 27.3 Å². The van der Waals surface area contributed by atoms with Crippen LogP contribution in [0.15, 0.2) is 46.9 Å². The lowest BCUT2D eigenvalue weighted by molar-refractivity contribution is -0.383. The molecule has 0 radical (unpaired) electrons. The van der Waals surface area contributed by atoms with Gasteiger partial charge in [-0.3, -0.25) is 10.1 Å². The van der Waals surface area contributed by atoms with Crippen molar-refractivity contribution < 1.29 is 4.92 Å². The first-order valence-electron chi connectivity index (χ1n) is 4.88. The van der Waals surface area contributed by atoms with E-state index < -0.39 is 4.92 Å². The molecule has 2 N–H and O–H groups in total. The molecule has 0 heterocycles. The number of hydrogen-bond donors (Lipinski definition) is 1. The minimum Gasteiger partial charge on any atom is -0.393 e. The van der Waals surface area contributed by atoms with E-state index in [0.29, 0.717) is 0 Å². The number of halogens is 1. The fraction of sp³-hybridized carbons (Fsp3) is 0. The first kappa shape index (κ1) is 11.6. The van der Waals surface area contributed by atoms with Crippen molar-refractivity contribution in [3.8, 4) is 11.1 Å². The van der Waals surface area contributed by atoms with Gasteiger partial charge in [-0.2, -0.15) is 0 Å². The molecule has 0 aliphatic rings. The normalized spacial score (nSPS) is 10.2. The number of nitro groups is 1. The van der Waals surface area contributed by atoms with Crippen LogP contribution in [0.4, 0.5) is 11.4 Å². The zero-order chi connectivity index (χ0) is 12.4. The molecular weight excluding hydrogens is 284 g/mol. The van der Waals surface area contributed by atoms with Gasteiger partial charge in [0.25, 0.3) is 5.69 Å². The molecule has 86 valence electrons. The Kier molecular flexibility index (Phi) is 3.10. The first-order valence-corrected chi connectivity index (χ1v) is 5.67. The van der Waals surface area contributed by atoms with E-state index in [4.69, 9.17) is 5.73 Å². The molecule has 0 fully saturated rings. The summed E-state index contributed by atoms with van der Waals surface area (Å²) < 4.78 is 0.888. The number of anilines is 1. The maximum Gasteiger partial charge on any atom is 0.292 e. The van der Waals surface area contributed by atoms with E-state index in [1.54, 1.807) is 12.1 Å². The first-order chi connectivity index (χ1) is 8.09. The molecule has 0 aliphatic heterocycles. The van der Waals surface area contributed by atoms with E-state index >= 15 is 0 Å². The summed E-state index contributed by atoms with van der Waals surface area (Å²) in [7, 11) is 0. The maximum absolute atomic E-state index is 10.8. The number of benzene rings is 2. The summed E-state index contributed by atoms with van der Waals surface area (Å²) >= 11 is 3.41. The molecule has 5 heteroatoms. The molecule has 0 saturated heterocycles. The highest BCUT2D eigenvalue weighted by Crippen LogP contribution is 2.32. The molecule has 0 aliphatic carbocycles. The number of nitro benzene ring substituents is 1. The van der Waals surface area contributed by atoms with Crippen molar-refractivity contribution in [1.82, 2.24) is 0 Å². The number of nitrogens with two attached hydrogens (primary N) is 1. The second-order valence-corrected chi connectivity index (χ2v) is 4.36. The Morgan fingerprint density at radius 2 is 1.88 bits per heavy atom. The van der Waals surface area contributed by atoms with Crippen LogP contribution in [0.1, 0.15) is 0 Å². The second-order valence-electron chi connectivity index (χ2n) is 3.51. The Labute approximate surface area is 106 Å². The molecule has 0 spiro atoms. The van der Waals surface area contributed by atoms with Crippen molar-refractivity contribution in [1.29, 1.82) is 0 Å². The van der Waals surface area contributed by atoms with Crippen LogP contribution in [0, 0.1) is 10.1 Å². The molecule has 2 rings (SSSR count). The van der Waals surface area contributed by atoms with Gasteiger partial charge in [0.2, 0.25) is 0 Å². The zero-order valence-electron chi connectivity index (χ0n) is 8.76. The van der Waals surface area contributed by atoms with Crippen LogP contribution in [-0.2, 0) is 0 Å². The Hall–Kier alpha value is -1.88. The van der Waals surface area contributed by atoms with E-state index in [9.17, 15) is 10.1 Å². The van der Waals surface area contributed by atoms with Crippen LogP contribution < -0.4 is 5.73 Å². The summed E-state index contributed by atoms with van der Waals surface area (Å²) in [5.41, 5.74) is 7.32. The average molecular weight is 293 g/mol. The minimum absolute atomic E-state index is 0.0711. The van der Waals surface area contributed by atoms with Gasteiger partial charge < -0.3 is 5.73 Å². The monoisotopic (exact) mass is 292 g/mol. The van der Waals surface area contributed by atoms with E-state index in [-0.39, 0.29) is 11.4 Å². The van der Waals surface area contributed by atoms with E-state index in [2.05, 4.69) is 15.9 Å². The van der Waals surface area contributed by atoms with Crippen molar-refractivity contribution in [3.63, 3.8) is 0 Å². The highest BCUT2D eigenvalue weighted by Gasteiger charge is 2.13. The number of nitrogen functional groups attached to an aromatic ring is 1. The molecule has 0 bridgehead atoms. The number of hydrogen-bond acceptors (Lipinski definition) is 3. The summed E-state index contributed by atoms with van der Waals surface area (Å²) in [5.74, 6) is 0. The smallest absolute Gasteiger partial charge is 0.292 e. The lowest BCUT2D eigenvalue weighted by Gasteiger charge is -2.05. The number of nitrogens with zero attached hydrogens (tertiary/aromatic N) is 1. The maximum atomic E-state index is 10.8. The third-order valence-corrected chi connectivity index (χ3v) is 3.10. The zero-order valence-corrected chi connectivity index (χ0v) is 10.3. The summed E-state index contributed by atoms with van der Waals surface area (Å²) in [6.45, 7) is 0. The molecule has 0 aromatic heterocycles. The molecular formula is C12H9BrN2O2. The lowest BCUT2D eigenvalue weighted by Crippen LogP contribution is -1.95. The van der Waals surface area contributed by atoms with Crippen LogP contribution in [0.5, 0.6) is 0 Å². The molecule has 0 amide bonds. The quantitative estimate of drug-likeness (QED) is 0.522. The molecule has 2 aromatic carbocycles. The fourth-order valence-electron chi connectivity index (χ4n) is 1.56. The van der Waals surface area contributed by atoms with Gasteiger partial charge in [0, 0.05) is 10.5 Å². The van der Waals surface area contributed by atoms with Crippen LogP contribution >= 0.6 is 15.9 Å². The van der Waals surface area contributed by atoms with Gasteiger partial charge in [0.15, 0.2) is 0 Å². The Morgan fingerprint density at radius 3 is 2.53 bits per heavy atom. The Bertz CT molecular complexity index is 584. The summed E-state index contributed by atoms with van der Waals surface area (Å²) in [6.07, 6.45) is 0. The third-order valence-electron chi connectivity index (χ3n) is 2.41. The lowest BCUT2D eigenvalue weighted by atomic mass is 10.0. The van der Waals surface area contributed by atoms with E-state index in [1.807, 2.05) is 24.3 Å². The molecule has 0 saturated carbocycles. The largest absolute Gasteiger partial charge is 0.393 e. The summed E-state index contributed by atoms with van der Waals surface area (Å²) in [6, 6.07) is 12.3. The van der Waals surface area contributed by atoms with Gasteiger partial charge >= 0.3 is 0 Å². The molecule has 2 aromatic rings. The molecule has 17 heavy (non-hydrogen) atoms. The van der Waals surface area contributed by atoms with Crippen molar-refractivity contribution in [3.05, 3.63) is 57.1 Å². The van der Waals surface area contributed by atoms with Crippen LogP contribution in [0.2, 0.25) is 0 Å². The predicted octanol–water partition coefficient (Wildman–Crippen LogP) is 3.61. The predicted molar refractivity (Wildman–Crippen MR) is 70.6 cm³/mol. The van der Waals surface area contributed by atoms with E-state index in [1.165, 1.54) is 6.07 Å². The number of rotatable bonds is 2. The highest BCUT2D eigenvalue weighted by molar-refractivity contribution is 9.10. The fourth-order valence-corrected chi connectivity index (χ4v) is 2.08. The van der Waals surface area contributed by atoms with Gasteiger partial charge in [-0.05, 0) is 23.3 Å². The topological polar surface area (TPSA) is 69.2 Å². The summed E-state index contributed by atoms with van der Waals surface area (Å²) in [4.78, 5) is 10.3. The van der Waals surface area contributed by atoms with Crippen molar-refractivity contribution in [2.45, 2.75) is 0 Å². The average Bonchev–Trinajstić information content (AvgIpc) is 2.30. The molecule has 0 unspecified atom stereocenters. The third kappa shape index (κ3) is 2.29. The van der Waals surface area contributed by atoms with Crippen molar-refractivity contribution in [2.75, 3.05) is 5.73 Å². The standard InChI is InChI=1S/C12H9BrN2O2/c13-10-4-2-1-3-9(10)8-5-6-11(14)12(7-8)15(16)17/h1-7H,14H2. The SMILES string of the molecule is Nc1ccc(-c2ccccc2Br)cc1[N+](=O)[O-]. The van der Waals surface area contributed by atoms with Crippen LogP contribution in [0.3, 0.4) is 0 Å². The van der Waals surface area contributed by atoms with E-state index in [0.717, 1.165) is 15.6 Å². The van der Waals surface area contributed by atoms with Gasteiger partial charge in [-0.25, -0.2) is 0 Å². The Morgan fingerprint density at radius 1 is 1.18 bits per heavy atom. The molecule has 4 nitrogen and oxygen atoms in total. The minimum atomic E-state index is -0.477. The Balaban J connectivity index is 2.58. The van der Waals surface area contributed by atoms with Crippen LogP contribution in [0.25, 0.3) is 11.1 Å². The second kappa shape index (κ2) is 4.55. The van der Waals surface area contributed by atoms with Gasteiger partial charge in [-0.1, -0.05) is 40.2 Å². The van der Waals surface area contributed by atoms with Crippen LogP contribution in [-0.4, -0.2) is 4.92 Å². The van der Waals surface area contributed by atoms with Gasteiger partial charge in [0.1, 0.15) is 5.69 Å². The van der Waals surface area contributed by atoms with Gasteiger partial charge in [0.05, 0.1) is 4.92 Å².